The molecule has 1 N–H and O–H groups in total. The van der Waals surface area contributed by atoms with Crippen LogP contribution in [-0.2, 0) is 4.79 Å². The van der Waals surface area contributed by atoms with Crippen molar-refractivity contribution in [3.05, 3.63) is 0 Å². The molecule has 9 heteroatoms. The molecule has 0 fully saturated rings. The maximum absolute atomic E-state index is 11.1. The predicted octanol–water partition coefficient (Wildman–Crippen LogP) is -1.70. The summed E-state index contributed by atoms with van der Waals surface area (Å²) in [5.74, 6) is -3.02. The van der Waals surface area contributed by atoms with Crippen LogP contribution in [-0.4, -0.2) is 18.4 Å². The summed E-state index contributed by atoms with van der Waals surface area (Å²) in [6, 6.07) is 0. The molecule has 0 spiro atoms. The van der Waals surface area contributed by atoms with Crippen LogP contribution in [0, 0.1) is 0 Å². The van der Waals surface area contributed by atoms with Crippen LogP contribution >= 0.6 is 0 Å². The van der Waals surface area contributed by atoms with Gasteiger partial charge in [-0.25, -0.2) is 0 Å². The average Bonchev–Trinajstić information content (AvgIpc) is 1.56. The Hall–Kier alpha value is -0.353. The van der Waals surface area contributed by atoms with Gasteiger partial charge in [0.25, 0.3) is 0 Å². The first-order valence-corrected chi connectivity index (χ1v) is 2.09. The maximum atomic E-state index is 11.1. The van der Waals surface area contributed by atoms with Gasteiger partial charge in [0.15, 0.2) is 0 Å². The second kappa shape index (κ2) is 4.05. The smallest absolute Gasteiger partial charge is 1.00 e. The van der Waals surface area contributed by atoms with Crippen LogP contribution in [0.5, 0.6) is 0 Å². The summed E-state index contributed by atoms with van der Waals surface area (Å²) in [5, 5.41) is -0.205. The molecule has 0 radical (unpaired) electrons. The number of amides is 1. The number of carbonyl (C=O) groups is 1. The van der Waals surface area contributed by atoms with Gasteiger partial charge in [0.2, 0.25) is 0 Å². The molecule has 0 aromatic heterocycles. The molecular weight excluding hydrogens is 187 g/mol. The average molecular weight is 189 g/mol. The molecule has 0 aromatic rings. The van der Waals surface area contributed by atoms with Gasteiger partial charge in [-0.1, -0.05) is 0 Å². The van der Waals surface area contributed by atoms with E-state index in [1.807, 2.05) is 0 Å². The summed E-state index contributed by atoms with van der Waals surface area (Å²) >= 11 is 0. The van der Waals surface area contributed by atoms with Crippen molar-refractivity contribution < 1.29 is 51.4 Å². The number of rotatable bonds is 0. The Bertz CT molecular complexity index is 166. The van der Waals surface area contributed by atoms with Crippen molar-refractivity contribution in [1.29, 1.82) is 0 Å². The molecule has 68 valence electrons. The van der Waals surface area contributed by atoms with Gasteiger partial charge in [0.05, 0.1) is 0 Å². The number of alkyl halides is 6. The Labute approximate surface area is 76.0 Å². The van der Waals surface area contributed by atoms with Crippen molar-refractivity contribution >= 4 is 5.91 Å². The zero-order valence-electron chi connectivity index (χ0n) is 6.68. The molecule has 0 rings (SSSR count). The molecule has 0 aromatic carbocycles. The summed E-state index contributed by atoms with van der Waals surface area (Å²) in [4.78, 5) is 9.52. The Morgan fingerprint density at radius 2 is 1.42 bits per heavy atom. The van der Waals surface area contributed by atoms with E-state index in [0.29, 0.717) is 0 Å². The molecule has 0 bridgehead atoms. The molecule has 0 aliphatic heterocycles. The second-order valence-electron chi connectivity index (χ2n) is 1.45. The summed E-state index contributed by atoms with van der Waals surface area (Å²) in [5.41, 5.74) is 0. The van der Waals surface area contributed by atoms with Crippen molar-refractivity contribution in [2.75, 3.05) is 0 Å². The number of hydrogen-bond acceptors (Lipinski definition) is 1. The van der Waals surface area contributed by atoms with E-state index >= 15 is 0 Å². The maximum Gasteiger partial charge on any atom is 1.00 e. The van der Waals surface area contributed by atoms with Crippen LogP contribution in [0.15, 0.2) is 0 Å². The van der Waals surface area contributed by atoms with Gasteiger partial charge >= 0.3 is 37.2 Å². The first-order chi connectivity index (χ1) is 4.63. The number of hydrogen-bond donors (Lipinski definition) is 1. The van der Waals surface area contributed by atoms with E-state index in [2.05, 4.69) is 0 Å². The summed E-state index contributed by atoms with van der Waals surface area (Å²) in [6.45, 7) is 0. The van der Waals surface area contributed by atoms with Crippen molar-refractivity contribution in [2.24, 2.45) is 0 Å². The molecule has 0 saturated heterocycles. The topological polar surface area (TPSA) is 29.1 Å². The molecule has 1 amide bonds. The van der Waals surface area contributed by atoms with Crippen LogP contribution in [0.25, 0.3) is 0 Å². The minimum Gasteiger partial charge on any atom is -1.00 e. The second-order valence-corrected chi connectivity index (χ2v) is 1.45. The SMILES string of the molecule is O=C(NC(F)(F)F)C(F)(F)F.[H-].[Li+]. The minimum absolute atomic E-state index is 0. The number of nitrogens with one attached hydrogen (secondary N) is 1. The minimum atomic E-state index is -5.50. The van der Waals surface area contributed by atoms with E-state index < -0.39 is 18.4 Å². The van der Waals surface area contributed by atoms with Gasteiger partial charge in [0, 0.05) is 0 Å². The third-order valence-electron chi connectivity index (χ3n) is 0.513. The molecule has 0 aliphatic carbocycles. The van der Waals surface area contributed by atoms with Gasteiger partial charge in [-0.15, -0.1) is 0 Å². The summed E-state index contributed by atoms with van der Waals surface area (Å²) in [7, 11) is 0. The molecule has 2 nitrogen and oxygen atoms in total. The molecule has 0 unspecified atom stereocenters. The van der Waals surface area contributed by atoms with E-state index in [1.54, 1.807) is 0 Å². The van der Waals surface area contributed by atoms with Crippen molar-refractivity contribution in [3.63, 3.8) is 0 Å². The van der Waals surface area contributed by atoms with Crippen LogP contribution in [0.2, 0.25) is 0 Å². The summed E-state index contributed by atoms with van der Waals surface area (Å²) in [6.07, 6.45) is -10.8. The van der Waals surface area contributed by atoms with Gasteiger partial charge in [-0.05, 0) is 0 Å². The van der Waals surface area contributed by atoms with Crippen LogP contribution < -0.4 is 24.2 Å². The normalized spacial score (nSPS) is 11.8. The van der Waals surface area contributed by atoms with Crippen LogP contribution in [0.1, 0.15) is 1.43 Å². The van der Waals surface area contributed by atoms with Crippen LogP contribution in [0.4, 0.5) is 26.3 Å². The van der Waals surface area contributed by atoms with Gasteiger partial charge < -0.3 is 1.43 Å². The molecule has 0 heterocycles. The zero-order valence-corrected chi connectivity index (χ0v) is 5.68. The molecular formula is C3H2F6LiNO. The fourth-order valence-electron chi connectivity index (χ4n) is 0.200. The van der Waals surface area contributed by atoms with E-state index in [-0.39, 0.29) is 25.6 Å². The van der Waals surface area contributed by atoms with Gasteiger partial charge in [0.1, 0.15) is 0 Å². The molecule has 12 heavy (non-hydrogen) atoms. The number of halogens is 6. The Balaban J connectivity index is -0.000000500. The van der Waals surface area contributed by atoms with Crippen molar-refractivity contribution in [2.45, 2.75) is 12.5 Å². The first-order valence-electron chi connectivity index (χ1n) is 2.09. The van der Waals surface area contributed by atoms with E-state index in [1.165, 1.54) is 0 Å². The quantitative estimate of drug-likeness (QED) is 0.274. The Morgan fingerprint density at radius 1 is 1.08 bits per heavy atom. The Morgan fingerprint density at radius 3 is 1.50 bits per heavy atom. The third-order valence-corrected chi connectivity index (χ3v) is 0.513. The van der Waals surface area contributed by atoms with E-state index in [4.69, 9.17) is 0 Å². The molecule has 0 saturated carbocycles. The van der Waals surface area contributed by atoms with Gasteiger partial charge in [-0.3, -0.25) is 10.1 Å². The number of carbonyl (C=O) groups excluding carboxylic acids is 1. The molecule has 0 aliphatic rings. The van der Waals surface area contributed by atoms with Crippen molar-refractivity contribution in [1.82, 2.24) is 5.32 Å². The Kier molecular flexibility index (Phi) is 4.79. The fourth-order valence-corrected chi connectivity index (χ4v) is 0.200. The largest absolute Gasteiger partial charge is 1.00 e. The zero-order chi connectivity index (χ0) is 9.28. The standard InChI is InChI=1S/C3HF6NO.Li.H/c4-2(5,6)1(11)10-3(7,8)9;;/h(H,10,11);;/q;+1;-1. The van der Waals surface area contributed by atoms with E-state index in [0.717, 1.165) is 0 Å². The van der Waals surface area contributed by atoms with Crippen molar-refractivity contribution in [3.8, 4) is 0 Å². The third kappa shape index (κ3) is 6.36. The molecule has 0 atom stereocenters. The first kappa shape index (κ1) is 14.2. The van der Waals surface area contributed by atoms with E-state index in [9.17, 15) is 31.1 Å². The summed E-state index contributed by atoms with van der Waals surface area (Å²) < 4.78 is 66.2. The van der Waals surface area contributed by atoms with Gasteiger partial charge in [-0.2, -0.15) is 26.3 Å². The predicted molar refractivity (Wildman–Crippen MR) is 21.4 cm³/mol. The monoisotopic (exact) mass is 189 g/mol. The van der Waals surface area contributed by atoms with Crippen LogP contribution in [0.3, 0.4) is 0 Å². The fraction of sp³-hybridized carbons (Fsp3) is 0.667.